The topological polar surface area (TPSA) is 169 Å². The van der Waals surface area contributed by atoms with Gasteiger partial charge in [-0.05, 0) is 121 Å². The van der Waals surface area contributed by atoms with E-state index in [4.69, 9.17) is 9.47 Å². The van der Waals surface area contributed by atoms with Crippen molar-refractivity contribution in [3.63, 3.8) is 0 Å². The second kappa shape index (κ2) is 19.6. The maximum absolute atomic E-state index is 13.2. The van der Waals surface area contributed by atoms with E-state index in [1.807, 2.05) is 65.8 Å². The average Bonchev–Trinajstić information content (AvgIpc) is 3.90. The minimum Gasteiger partial charge on any atom is -0.444 e. The molecule has 2 unspecified atom stereocenters. The molecule has 7 rings (SSSR count). The van der Waals surface area contributed by atoms with Crippen LogP contribution in [0.1, 0.15) is 149 Å². The third-order valence-corrected chi connectivity index (χ3v) is 13.6. The summed E-state index contributed by atoms with van der Waals surface area (Å²) in [4.78, 5) is 54.9. The Morgan fingerprint density at radius 3 is 1.39 bits per heavy atom. The molecule has 0 bridgehead atoms. The predicted molar refractivity (Wildman–Crippen MR) is 241 cm³/mol. The number of nitrogens with one attached hydrogen (secondary N) is 2. The first-order valence-corrected chi connectivity index (χ1v) is 23.6. The van der Waals surface area contributed by atoms with Crippen molar-refractivity contribution in [3.8, 4) is 0 Å². The quantitative estimate of drug-likeness (QED) is 0.157. The molecule has 2 atom stereocenters. The Morgan fingerprint density at radius 2 is 1.00 bits per heavy atom. The molecule has 2 N–H and O–H groups in total. The summed E-state index contributed by atoms with van der Waals surface area (Å²) in [7, 11) is 0. The number of nitrogens with zero attached hydrogens (tertiary/aromatic N) is 6. The van der Waals surface area contributed by atoms with Crippen LogP contribution >= 0.6 is 22.7 Å². The monoisotopic (exact) mass is 884 g/mol. The van der Waals surface area contributed by atoms with E-state index in [2.05, 4.69) is 55.3 Å². The van der Waals surface area contributed by atoms with Gasteiger partial charge in [0.25, 0.3) is 0 Å². The number of hydrogen-bond donors (Lipinski definition) is 2. The molecule has 2 aromatic heterocycles. The van der Waals surface area contributed by atoms with Crippen LogP contribution in [0.25, 0.3) is 0 Å². The van der Waals surface area contributed by atoms with Gasteiger partial charge in [-0.2, -0.15) is 0 Å². The van der Waals surface area contributed by atoms with Gasteiger partial charge in [0.05, 0.1) is 12.8 Å². The number of piperidine rings is 2. The highest BCUT2D eigenvalue weighted by Crippen LogP contribution is 2.43. The van der Waals surface area contributed by atoms with Crippen molar-refractivity contribution < 1.29 is 28.7 Å². The summed E-state index contributed by atoms with van der Waals surface area (Å²) >= 11 is 2.85. The van der Waals surface area contributed by atoms with E-state index < -0.39 is 11.2 Å². The van der Waals surface area contributed by atoms with Gasteiger partial charge >= 0.3 is 12.2 Å². The third kappa shape index (κ3) is 12.6. The Balaban J connectivity index is 0.856. The molecule has 1 saturated carbocycles. The van der Waals surface area contributed by atoms with Crippen LogP contribution < -0.4 is 10.6 Å². The van der Waals surface area contributed by atoms with Crippen molar-refractivity contribution in [3.05, 3.63) is 80.8 Å². The Morgan fingerprint density at radius 1 is 0.597 bits per heavy atom. The van der Waals surface area contributed by atoms with E-state index in [9.17, 15) is 19.2 Å². The number of anilines is 2. The maximum atomic E-state index is 13.2. The van der Waals surface area contributed by atoms with Gasteiger partial charge in [-0.25, -0.2) is 9.59 Å². The van der Waals surface area contributed by atoms with Crippen LogP contribution in [0.15, 0.2) is 48.5 Å². The van der Waals surface area contributed by atoms with Crippen molar-refractivity contribution in [1.82, 2.24) is 30.2 Å². The van der Waals surface area contributed by atoms with E-state index in [0.29, 0.717) is 48.3 Å². The van der Waals surface area contributed by atoms with Gasteiger partial charge in [0.1, 0.15) is 21.2 Å². The van der Waals surface area contributed by atoms with Crippen molar-refractivity contribution in [2.24, 2.45) is 0 Å². The molecular weight excluding hydrogens is 825 g/mol. The molecule has 4 heterocycles. The molecule has 2 aliphatic heterocycles. The predicted octanol–water partition coefficient (Wildman–Crippen LogP) is 9.42. The Bertz CT molecular complexity index is 2040. The van der Waals surface area contributed by atoms with E-state index >= 15 is 0 Å². The van der Waals surface area contributed by atoms with Gasteiger partial charge in [0.2, 0.25) is 22.1 Å². The fourth-order valence-electron chi connectivity index (χ4n) is 8.59. The lowest BCUT2D eigenvalue weighted by atomic mass is 9.82. The first kappa shape index (κ1) is 45.1. The lowest BCUT2D eigenvalue weighted by molar-refractivity contribution is -0.116. The molecule has 3 fully saturated rings. The second-order valence-corrected chi connectivity index (χ2v) is 20.9. The van der Waals surface area contributed by atoms with Crippen LogP contribution in [0, 0.1) is 0 Å². The maximum Gasteiger partial charge on any atom is 0.410 e. The fraction of sp³-hybridized carbons (Fsp3) is 0.565. The van der Waals surface area contributed by atoms with Gasteiger partial charge in [0.15, 0.2) is 0 Å². The number of amides is 4. The number of rotatable bonds is 10. The smallest absolute Gasteiger partial charge is 0.410 e. The molecule has 3 aliphatic rings. The molecule has 2 aromatic carbocycles. The van der Waals surface area contributed by atoms with Crippen LogP contribution in [0.4, 0.5) is 19.9 Å². The van der Waals surface area contributed by atoms with Gasteiger partial charge in [-0.3, -0.25) is 9.59 Å². The summed E-state index contributed by atoms with van der Waals surface area (Å²) in [6.07, 6.45) is 7.12. The molecule has 2 saturated heterocycles. The summed E-state index contributed by atoms with van der Waals surface area (Å²) in [5.74, 6) is 0.732. The van der Waals surface area contributed by atoms with E-state index in [0.717, 1.165) is 72.5 Å². The molecule has 0 radical (unpaired) electrons. The molecule has 332 valence electrons. The van der Waals surface area contributed by atoms with E-state index in [-0.39, 0.29) is 48.7 Å². The van der Waals surface area contributed by atoms with Crippen molar-refractivity contribution in [2.45, 2.75) is 141 Å². The van der Waals surface area contributed by atoms with E-state index in [1.165, 1.54) is 33.8 Å². The SMILES string of the molecule is CC(C)(C)OC(=O)N1CCC(c2cccc(CC(=O)Nc3nnc(C4CCCC(c5nnc(NC(=O)Cc6cccc(C7CCN(C(=O)OC(C)(C)C)CC7)c6)s5)C4)s3)c2)CC1. The van der Waals surface area contributed by atoms with Crippen LogP contribution in [-0.4, -0.2) is 91.6 Å². The summed E-state index contributed by atoms with van der Waals surface area (Å²) in [5.41, 5.74) is 3.20. The third-order valence-electron chi connectivity index (χ3n) is 11.6. The largest absolute Gasteiger partial charge is 0.444 e. The lowest BCUT2D eigenvalue weighted by Gasteiger charge is -2.33. The van der Waals surface area contributed by atoms with Gasteiger partial charge in [0, 0.05) is 38.0 Å². The van der Waals surface area contributed by atoms with Crippen LogP contribution in [0.3, 0.4) is 0 Å². The first-order chi connectivity index (χ1) is 29.5. The number of benzene rings is 2. The van der Waals surface area contributed by atoms with Crippen molar-refractivity contribution in [2.75, 3.05) is 36.8 Å². The standard InChI is InChI=1S/C46H60N8O6S2/c1-45(2,3)59-43(57)53-20-16-31(17-21-53)33-12-7-10-29(24-33)26-37(55)47-41-51-49-39(61-41)35-14-9-15-36(28-35)40-50-52-42(62-40)48-38(56)27-30-11-8-13-34(25-30)32-18-22-54(23-19-32)44(58)60-46(4,5)6/h7-8,10-13,24-25,31-32,35-36H,9,14-23,26-28H2,1-6H3,(H,47,51,55)(H,48,52,56). The number of carbonyl (C=O) groups is 4. The number of likely N-dealkylation sites (tertiary alicyclic amines) is 2. The highest BCUT2D eigenvalue weighted by molar-refractivity contribution is 7.15. The highest BCUT2D eigenvalue weighted by atomic mass is 32.1. The molecular formula is C46H60N8O6S2. The number of ether oxygens (including phenoxy) is 2. The molecule has 14 nitrogen and oxygen atoms in total. The minimum atomic E-state index is -0.516. The van der Waals surface area contributed by atoms with Gasteiger partial charge < -0.3 is 29.9 Å². The number of hydrogen-bond acceptors (Lipinski definition) is 12. The van der Waals surface area contributed by atoms with Crippen molar-refractivity contribution in [1.29, 1.82) is 0 Å². The zero-order valence-electron chi connectivity index (χ0n) is 36.8. The highest BCUT2D eigenvalue weighted by Gasteiger charge is 2.31. The first-order valence-electron chi connectivity index (χ1n) is 21.9. The average molecular weight is 885 g/mol. The normalized spacial score (nSPS) is 19.2. The summed E-state index contributed by atoms with van der Waals surface area (Å²) < 4.78 is 11.1. The summed E-state index contributed by atoms with van der Waals surface area (Å²) in [5, 5.41) is 26.4. The molecule has 16 heteroatoms. The van der Waals surface area contributed by atoms with Crippen LogP contribution in [0.5, 0.6) is 0 Å². The summed E-state index contributed by atoms with van der Waals surface area (Å²) in [6, 6.07) is 16.4. The molecule has 0 spiro atoms. The molecule has 4 aromatic rings. The number of aromatic nitrogens is 4. The zero-order chi connectivity index (χ0) is 44.0. The van der Waals surface area contributed by atoms with Crippen LogP contribution in [-0.2, 0) is 31.9 Å². The lowest BCUT2D eigenvalue weighted by Crippen LogP contribution is -2.41. The Hall–Kier alpha value is -4.96. The number of carbonyl (C=O) groups excluding carboxylic acids is 4. The Labute approximate surface area is 372 Å². The summed E-state index contributed by atoms with van der Waals surface area (Å²) in [6.45, 7) is 13.9. The fourth-order valence-corrected chi connectivity index (χ4v) is 10.4. The Kier molecular flexibility index (Phi) is 14.3. The molecule has 62 heavy (non-hydrogen) atoms. The van der Waals surface area contributed by atoms with E-state index in [1.54, 1.807) is 9.80 Å². The van der Waals surface area contributed by atoms with Gasteiger partial charge in [-0.15, -0.1) is 20.4 Å². The minimum absolute atomic E-state index is 0.139. The zero-order valence-corrected chi connectivity index (χ0v) is 38.4. The van der Waals surface area contributed by atoms with Crippen LogP contribution in [0.2, 0.25) is 0 Å². The molecule has 4 amide bonds. The van der Waals surface area contributed by atoms with Gasteiger partial charge in [-0.1, -0.05) is 77.6 Å². The molecule has 1 aliphatic carbocycles. The van der Waals surface area contributed by atoms with Crippen molar-refractivity contribution >= 4 is 56.9 Å². The second-order valence-electron chi connectivity index (χ2n) is 18.9.